The van der Waals surface area contributed by atoms with Gasteiger partial charge in [-0.25, -0.2) is 9.97 Å². The Hall–Kier alpha value is -2.93. The Kier molecular flexibility index (Phi) is 4.77. The third-order valence-corrected chi connectivity index (χ3v) is 4.96. The van der Waals surface area contributed by atoms with Crippen LogP contribution in [0.5, 0.6) is 0 Å². The lowest BCUT2D eigenvalue weighted by Crippen LogP contribution is -2.03. The minimum Gasteiger partial charge on any atom is -0.385 e. The molecule has 2 aromatic heterocycles. The first-order valence-electron chi connectivity index (χ1n) is 9.13. The number of anilines is 2. The van der Waals surface area contributed by atoms with E-state index in [1.54, 1.807) is 6.33 Å². The zero-order chi connectivity index (χ0) is 18.8. The van der Waals surface area contributed by atoms with E-state index >= 15 is 0 Å². The van der Waals surface area contributed by atoms with Crippen molar-refractivity contribution in [2.75, 3.05) is 17.2 Å². The molecule has 0 radical (unpaired) electrons. The van der Waals surface area contributed by atoms with Crippen LogP contribution in [0.15, 0.2) is 42.7 Å². The fraction of sp³-hybridized carbons (Fsp3) is 0.250. The number of nitrogens with one attached hydrogen (secondary N) is 3. The van der Waals surface area contributed by atoms with Gasteiger partial charge in [0.15, 0.2) is 4.77 Å². The van der Waals surface area contributed by atoms with Crippen molar-refractivity contribution in [3.8, 4) is 0 Å². The largest absolute Gasteiger partial charge is 0.385 e. The fourth-order valence-electron chi connectivity index (χ4n) is 3.29. The fourth-order valence-corrected chi connectivity index (χ4v) is 3.63. The molecule has 27 heavy (non-hydrogen) atoms. The maximum atomic E-state index is 5.42. The average Bonchev–Trinajstić information content (AvgIpc) is 2.99. The van der Waals surface area contributed by atoms with Gasteiger partial charge < -0.3 is 20.2 Å². The first-order valence-corrected chi connectivity index (χ1v) is 9.54. The molecule has 0 atom stereocenters. The number of aromatic nitrogens is 4. The third kappa shape index (κ3) is 3.38. The molecule has 138 valence electrons. The van der Waals surface area contributed by atoms with Crippen molar-refractivity contribution < 1.29 is 0 Å². The van der Waals surface area contributed by atoms with Crippen LogP contribution in [-0.4, -0.2) is 26.1 Å². The third-order valence-electron chi connectivity index (χ3n) is 4.64. The van der Waals surface area contributed by atoms with Gasteiger partial charge in [-0.15, -0.1) is 0 Å². The summed E-state index contributed by atoms with van der Waals surface area (Å²) in [7, 11) is 0. The molecule has 2 aromatic carbocycles. The zero-order valence-corrected chi connectivity index (χ0v) is 16.2. The minimum atomic E-state index is 0.697. The second-order valence-electron chi connectivity index (χ2n) is 6.36. The summed E-state index contributed by atoms with van der Waals surface area (Å²) < 4.78 is 2.80. The highest BCUT2D eigenvalue weighted by atomic mass is 32.1. The number of aryl methyl sites for hydroxylation is 1. The van der Waals surface area contributed by atoms with E-state index in [2.05, 4.69) is 80.4 Å². The molecule has 0 unspecified atom stereocenters. The monoisotopic (exact) mass is 378 g/mol. The van der Waals surface area contributed by atoms with Crippen LogP contribution in [0.1, 0.15) is 19.4 Å². The van der Waals surface area contributed by atoms with Crippen molar-refractivity contribution in [3.63, 3.8) is 0 Å². The lowest BCUT2D eigenvalue weighted by Gasteiger charge is -2.10. The van der Waals surface area contributed by atoms with Crippen LogP contribution >= 0.6 is 12.2 Å². The summed E-state index contributed by atoms with van der Waals surface area (Å²) in [6.07, 6.45) is 1.60. The Bertz CT molecular complexity index is 1140. The zero-order valence-electron chi connectivity index (χ0n) is 15.4. The normalized spacial score (nSPS) is 11.2. The molecule has 0 saturated heterocycles. The maximum Gasteiger partial charge on any atom is 0.178 e. The van der Waals surface area contributed by atoms with Gasteiger partial charge in [0.2, 0.25) is 0 Å². The van der Waals surface area contributed by atoms with Crippen LogP contribution in [0.4, 0.5) is 11.5 Å². The molecule has 7 heteroatoms. The molecular weight excluding hydrogens is 356 g/mol. The van der Waals surface area contributed by atoms with Crippen LogP contribution in [0.3, 0.4) is 0 Å². The van der Waals surface area contributed by atoms with Crippen LogP contribution < -0.4 is 10.6 Å². The van der Waals surface area contributed by atoms with Crippen LogP contribution in [0.25, 0.3) is 21.9 Å². The first-order chi connectivity index (χ1) is 13.2. The van der Waals surface area contributed by atoms with E-state index < -0.39 is 0 Å². The first kappa shape index (κ1) is 17.5. The van der Waals surface area contributed by atoms with E-state index in [9.17, 15) is 0 Å². The summed E-state index contributed by atoms with van der Waals surface area (Å²) >= 11 is 5.42. The second-order valence-corrected chi connectivity index (χ2v) is 6.75. The van der Waals surface area contributed by atoms with Gasteiger partial charge in [-0.3, -0.25) is 0 Å². The molecule has 0 fully saturated rings. The number of benzene rings is 2. The summed E-state index contributed by atoms with van der Waals surface area (Å²) in [6.45, 7) is 6.61. The van der Waals surface area contributed by atoms with Crippen LogP contribution in [0, 0.1) is 4.77 Å². The van der Waals surface area contributed by atoms with Gasteiger partial charge in [-0.2, -0.15) is 0 Å². The summed E-state index contributed by atoms with van der Waals surface area (Å²) in [5.41, 5.74) is 5.30. The number of aromatic amines is 1. The van der Waals surface area contributed by atoms with Crippen molar-refractivity contribution >= 4 is 45.7 Å². The Morgan fingerprint density at radius 2 is 1.89 bits per heavy atom. The molecule has 0 aliphatic carbocycles. The SMILES string of the molecule is CCNc1ccc(CNc2ncnc3cc4c(cc23)[nH]c(=S)n4CC)cc1. The maximum absolute atomic E-state index is 5.42. The van der Waals surface area contributed by atoms with Crippen molar-refractivity contribution in [1.82, 2.24) is 19.5 Å². The Labute approximate surface area is 162 Å². The van der Waals surface area contributed by atoms with E-state index in [-0.39, 0.29) is 0 Å². The molecular formula is C20H22N6S. The Morgan fingerprint density at radius 3 is 2.63 bits per heavy atom. The number of H-pyrrole nitrogens is 1. The van der Waals surface area contributed by atoms with E-state index in [0.29, 0.717) is 6.54 Å². The predicted octanol–water partition coefficient (Wildman–Crippen LogP) is 4.71. The lowest BCUT2D eigenvalue weighted by atomic mass is 10.2. The van der Waals surface area contributed by atoms with Gasteiger partial charge in [-0.05, 0) is 55.9 Å². The highest BCUT2D eigenvalue weighted by Gasteiger charge is 2.09. The van der Waals surface area contributed by atoms with Crippen LogP contribution in [-0.2, 0) is 13.1 Å². The highest BCUT2D eigenvalue weighted by molar-refractivity contribution is 7.71. The Morgan fingerprint density at radius 1 is 1.07 bits per heavy atom. The van der Waals surface area contributed by atoms with Crippen LogP contribution in [0.2, 0.25) is 0 Å². The second kappa shape index (κ2) is 7.36. The lowest BCUT2D eigenvalue weighted by molar-refractivity contribution is 0.774. The Balaban J connectivity index is 1.65. The van der Waals surface area contributed by atoms with Gasteiger partial charge in [0.1, 0.15) is 12.1 Å². The molecule has 0 aliphatic rings. The van der Waals surface area contributed by atoms with Gasteiger partial charge in [0, 0.05) is 30.7 Å². The molecule has 0 aliphatic heterocycles. The smallest absolute Gasteiger partial charge is 0.178 e. The molecule has 0 bridgehead atoms. The van der Waals surface area contributed by atoms with Gasteiger partial charge in [0.25, 0.3) is 0 Å². The molecule has 4 aromatic rings. The minimum absolute atomic E-state index is 0.697. The summed E-state index contributed by atoms with van der Waals surface area (Å²) in [6, 6.07) is 12.6. The van der Waals surface area contributed by atoms with Crippen molar-refractivity contribution in [2.45, 2.75) is 26.9 Å². The molecule has 0 amide bonds. The predicted molar refractivity (Wildman–Crippen MR) is 114 cm³/mol. The number of hydrogen-bond acceptors (Lipinski definition) is 5. The quantitative estimate of drug-likeness (QED) is 0.424. The molecule has 0 spiro atoms. The topological polar surface area (TPSA) is 70.6 Å². The van der Waals surface area contributed by atoms with Crippen molar-refractivity contribution in [2.24, 2.45) is 0 Å². The van der Waals surface area contributed by atoms with E-state index in [1.807, 2.05) is 0 Å². The van der Waals surface area contributed by atoms with Crippen molar-refractivity contribution in [3.05, 3.63) is 53.1 Å². The number of nitrogens with zero attached hydrogens (tertiary/aromatic N) is 3. The van der Waals surface area contributed by atoms with Gasteiger partial charge in [-0.1, -0.05) is 12.1 Å². The van der Waals surface area contributed by atoms with E-state index in [4.69, 9.17) is 12.2 Å². The molecule has 4 rings (SSSR count). The summed E-state index contributed by atoms with van der Waals surface area (Å²) in [5, 5.41) is 7.72. The number of fused-ring (bicyclic) bond motifs is 2. The standard InChI is InChI=1S/C20H22N6S/c1-3-21-14-7-5-13(6-8-14)11-22-19-15-9-17-18(10-16(15)23-12-24-19)26(4-2)20(27)25-17/h5-10,12,21H,3-4,11H2,1-2H3,(H,25,27)(H,22,23,24). The number of rotatable bonds is 6. The summed E-state index contributed by atoms with van der Waals surface area (Å²) in [4.78, 5) is 12.2. The molecule has 3 N–H and O–H groups in total. The molecule has 6 nitrogen and oxygen atoms in total. The number of hydrogen-bond donors (Lipinski definition) is 3. The average molecular weight is 379 g/mol. The molecule has 2 heterocycles. The van der Waals surface area contributed by atoms with Gasteiger partial charge >= 0.3 is 0 Å². The summed E-state index contributed by atoms with van der Waals surface area (Å²) in [5.74, 6) is 0.821. The van der Waals surface area contributed by atoms with Crippen molar-refractivity contribution in [1.29, 1.82) is 0 Å². The molecule has 0 saturated carbocycles. The number of imidazole rings is 1. The van der Waals surface area contributed by atoms with Gasteiger partial charge in [0.05, 0.1) is 16.6 Å². The highest BCUT2D eigenvalue weighted by Crippen LogP contribution is 2.26. The van der Waals surface area contributed by atoms with E-state index in [0.717, 1.165) is 51.3 Å². The van der Waals surface area contributed by atoms with E-state index in [1.165, 1.54) is 5.56 Å².